The molecule has 0 saturated heterocycles. The maximum atomic E-state index is 10.6. The maximum Gasteiger partial charge on any atom is 0.190 e. The zero-order chi connectivity index (χ0) is 15.6. The number of rotatable bonds is 4. The Labute approximate surface area is 138 Å². The number of hydrogen-bond donors (Lipinski definition) is 1. The monoisotopic (exact) mass is 343 g/mol. The number of aliphatic hydroxyl groups is 1. The lowest BCUT2D eigenvalue weighted by molar-refractivity contribution is 0.219. The number of aliphatic hydroxyl groups excluding tert-OH is 1. The van der Waals surface area contributed by atoms with Gasteiger partial charge in [0.25, 0.3) is 0 Å². The second-order valence-corrected chi connectivity index (χ2v) is 6.15. The minimum atomic E-state index is -0.914. The summed E-state index contributed by atoms with van der Waals surface area (Å²) in [4.78, 5) is 10.4. The topological polar surface area (TPSA) is 49.3 Å². The number of hydrogen-bond acceptors (Lipinski definition) is 5. The lowest BCUT2D eigenvalue weighted by Gasteiger charge is -2.21. The molecular formula is C14H15Cl2N3OS. The van der Waals surface area contributed by atoms with Gasteiger partial charge in [-0.05, 0) is 24.0 Å². The van der Waals surface area contributed by atoms with Gasteiger partial charge in [-0.2, -0.15) is 0 Å². The third-order valence-electron chi connectivity index (χ3n) is 2.92. The summed E-state index contributed by atoms with van der Waals surface area (Å²) in [5.74, 6) is 0.599. The Morgan fingerprint density at radius 1 is 1.14 bits per heavy atom. The maximum absolute atomic E-state index is 10.6. The fourth-order valence-electron chi connectivity index (χ4n) is 1.89. The number of anilines is 1. The van der Waals surface area contributed by atoms with Crippen molar-refractivity contribution in [2.45, 2.75) is 11.3 Å². The van der Waals surface area contributed by atoms with Gasteiger partial charge >= 0.3 is 0 Å². The van der Waals surface area contributed by atoms with Crippen molar-refractivity contribution >= 4 is 40.8 Å². The molecule has 0 aliphatic heterocycles. The van der Waals surface area contributed by atoms with E-state index in [0.717, 1.165) is 0 Å². The summed E-state index contributed by atoms with van der Waals surface area (Å²) in [6, 6.07) is 6.96. The van der Waals surface area contributed by atoms with E-state index in [-0.39, 0.29) is 5.15 Å². The second kappa shape index (κ2) is 6.83. The first-order valence-electron chi connectivity index (χ1n) is 6.16. The third kappa shape index (κ3) is 3.61. The molecule has 112 valence electrons. The van der Waals surface area contributed by atoms with E-state index >= 15 is 0 Å². The van der Waals surface area contributed by atoms with Crippen molar-refractivity contribution in [1.29, 1.82) is 0 Å². The SMILES string of the molecule is CSc1nc(Cl)c(C(O)c2ccc(Cl)cc2)c(N(C)C)n1. The van der Waals surface area contributed by atoms with Gasteiger partial charge in [0, 0.05) is 19.1 Å². The smallest absolute Gasteiger partial charge is 0.190 e. The molecule has 2 aromatic rings. The molecule has 0 bridgehead atoms. The van der Waals surface area contributed by atoms with Crippen LogP contribution >= 0.6 is 35.0 Å². The normalized spacial score (nSPS) is 12.3. The fraction of sp³-hybridized carbons (Fsp3) is 0.286. The van der Waals surface area contributed by atoms with E-state index < -0.39 is 6.10 Å². The Kier molecular flexibility index (Phi) is 5.32. The largest absolute Gasteiger partial charge is 0.383 e. The van der Waals surface area contributed by atoms with E-state index in [1.165, 1.54) is 11.8 Å². The van der Waals surface area contributed by atoms with Crippen LogP contribution in [-0.4, -0.2) is 35.4 Å². The number of aromatic nitrogens is 2. The summed E-state index contributed by atoms with van der Waals surface area (Å²) >= 11 is 13.5. The van der Waals surface area contributed by atoms with Gasteiger partial charge in [-0.1, -0.05) is 47.1 Å². The van der Waals surface area contributed by atoms with E-state index in [2.05, 4.69) is 9.97 Å². The molecule has 2 rings (SSSR count). The first-order valence-corrected chi connectivity index (χ1v) is 8.14. The van der Waals surface area contributed by atoms with E-state index in [9.17, 15) is 5.11 Å². The standard InChI is InChI=1S/C14H15Cl2N3OS/c1-19(2)13-10(12(16)17-14(18-13)21-3)11(20)8-4-6-9(15)7-5-8/h4-7,11,20H,1-3H3. The summed E-state index contributed by atoms with van der Waals surface area (Å²) in [6.45, 7) is 0. The van der Waals surface area contributed by atoms with Crippen LogP contribution in [0.4, 0.5) is 5.82 Å². The van der Waals surface area contributed by atoms with Gasteiger partial charge in [-0.3, -0.25) is 0 Å². The Morgan fingerprint density at radius 2 is 1.76 bits per heavy atom. The number of thioether (sulfide) groups is 1. The summed E-state index contributed by atoms with van der Waals surface area (Å²) in [5.41, 5.74) is 1.17. The molecule has 0 radical (unpaired) electrons. The molecule has 1 heterocycles. The van der Waals surface area contributed by atoms with Gasteiger partial charge in [0.05, 0.1) is 5.56 Å². The molecule has 0 aliphatic rings. The average Bonchev–Trinajstić information content (AvgIpc) is 2.46. The lowest BCUT2D eigenvalue weighted by Crippen LogP contribution is -2.17. The van der Waals surface area contributed by atoms with Crippen LogP contribution in [0, 0.1) is 0 Å². The van der Waals surface area contributed by atoms with E-state index in [1.54, 1.807) is 24.3 Å². The Balaban J connectivity index is 2.53. The summed E-state index contributed by atoms with van der Waals surface area (Å²) in [5, 5.41) is 12.0. The molecule has 4 nitrogen and oxygen atoms in total. The summed E-state index contributed by atoms with van der Waals surface area (Å²) < 4.78 is 0. The highest BCUT2D eigenvalue weighted by Gasteiger charge is 2.23. The molecule has 1 aromatic carbocycles. The fourth-order valence-corrected chi connectivity index (χ4v) is 2.70. The van der Waals surface area contributed by atoms with E-state index in [1.807, 2.05) is 25.3 Å². The average molecular weight is 344 g/mol. The van der Waals surface area contributed by atoms with Crippen LogP contribution < -0.4 is 4.90 Å². The van der Waals surface area contributed by atoms with Crippen LogP contribution in [0.3, 0.4) is 0 Å². The quantitative estimate of drug-likeness (QED) is 0.521. The molecule has 1 atom stereocenters. The molecule has 1 N–H and O–H groups in total. The van der Waals surface area contributed by atoms with Crippen molar-refractivity contribution in [3.05, 3.63) is 45.6 Å². The Bertz CT molecular complexity index is 635. The molecule has 0 fully saturated rings. The van der Waals surface area contributed by atoms with Crippen LogP contribution in [0.1, 0.15) is 17.2 Å². The highest BCUT2D eigenvalue weighted by Crippen LogP contribution is 2.35. The van der Waals surface area contributed by atoms with Crippen molar-refractivity contribution in [3.63, 3.8) is 0 Å². The van der Waals surface area contributed by atoms with Gasteiger partial charge in [0.1, 0.15) is 17.1 Å². The van der Waals surface area contributed by atoms with Crippen molar-refractivity contribution in [3.8, 4) is 0 Å². The molecular weight excluding hydrogens is 329 g/mol. The predicted molar refractivity (Wildman–Crippen MR) is 88.7 cm³/mol. The zero-order valence-corrected chi connectivity index (χ0v) is 14.2. The van der Waals surface area contributed by atoms with Crippen molar-refractivity contribution < 1.29 is 5.11 Å². The molecule has 7 heteroatoms. The lowest BCUT2D eigenvalue weighted by atomic mass is 10.0. The number of benzene rings is 1. The molecule has 0 spiro atoms. The predicted octanol–water partition coefficient (Wildman–Crippen LogP) is 3.65. The van der Waals surface area contributed by atoms with Gasteiger partial charge < -0.3 is 10.0 Å². The molecule has 0 aliphatic carbocycles. The van der Waals surface area contributed by atoms with Gasteiger partial charge in [-0.15, -0.1) is 0 Å². The van der Waals surface area contributed by atoms with Gasteiger partial charge in [0.15, 0.2) is 5.16 Å². The zero-order valence-electron chi connectivity index (χ0n) is 11.8. The van der Waals surface area contributed by atoms with Crippen molar-refractivity contribution in [2.24, 2.45) is 0 Å². The molecule has 0 saturated carbocycles. The molecule has 1 aromatic heterocycles. The molecule has 0 amide bonds. The summed E-state index contributed by atoms with van der Waals surface area (Å²) in [7, 11) is 3.70. The molecule has 21 heavy (non-hydrogen) atoms. The summed E-state index contributed by atoms with van der Waals surface area (Å²) in [6.07, 6.45) is 0.962. The Hall–Kier alpha value is -1.01. The minimum absolute atomic E-state index is 0.250. The van der Waals surface area contributed by atoms with Crippen LogP contribution in [0.15, 0.2) is 29.4 Å². The van der Waals surface area contributed by atoms with Crippen LogP contribution in [0.2, 0.25) is 10.2 Å². The second-order valence-electron chi connectivity index (χ2n) is 4.59. The van der Waals surface area contributed by atoms with Gasteiger partial charge in [0.2, 0.25) is 0 Å². The van der Waals surface area contributed by atoms with Crippen LogP contribution in [0.5, 0.6) is 0 Å². The first-order chi connectivity index (χ1) is 9.93. The number of nitrogens with zero attached hydrogens (tertiary/aromatic N) is 3. The third-order valence-corrected chi connectivity index (χ3v) is 4.01. The van der Waals surface area contributed by atoms with E-state index in [0.29, 0.717) is 27.1 Å². The first kappa shape index (κ1) is 16.4. The van der Waals surface area contributed by atoms with Crippen molar-refractivity contribution in [2.75, 3.05) is 25.3 Å². The van der Waals surface area contributed by atoms with Crippen LogP contribution in [-0.2, 0) is 0 Å². The van der Waals surface area contributed by atoms with Crippen molar-refractivity contribution in [1.82, 2.24) is 9.97 Å². The minimum Gasteiger partial charge on any atom is -0.383 e. The van der Waals surface area contributed by atoms with Gasteiger partial charge in [-0.25, -0.2) is 9.97 Å². The van der Waals surface area contributed by atoms with Crippen LogP contribution in [0.25, 0.3) is 0 Å². The Morgan fingerprint density at radius 3 is 2.29 bits per heavy atom. The molecule has 1 unspecified atom stereocenters. The highest BCUT2D eigenvalue weighted by atomic mass is 35.5. The highest BCUT2D eigenvalue weighted by molar-refractivity contribution is 7.98. The number of halogens is 2. The van der Waals surface area contributed by atoms with E-state index in [4.69, 9.17) is 23.2 Å².